The summed E-state index contributed by atoms with van der Waals surface area (Å²) in [7, 11) is 1.94. The van der Waals surface area contributed by atoms with Crippen molar-refractivity contribution in [1.29, 1.82) is 0 Å². The number of aryl methyl sites for hydroxylation is 1. The molecule has 1 atom stereocenters. The zero-order valence-electron chi connectivity index (χ0n) is 14.7. The van der Waals surface area contributed by atoms with Crippen LogP contribution in [0.2, 0.25) is 0 Å². The van der Waals surface area contributed by atoms with E-state index in [9.17, 15) is 4.79 Å². The summed E-state index contributed by atoms with van der Waals surface area (Å²) >= 11 is 0. The van der Waals surface area contributed by atoms with Crippen LogP contribution in [0, 0.1) is 18.8 Å². The van der Waals surface area contributed by atoms with Gasteiger partial charge in [0.2, 0.25) is 0 Å². The number of hydrogen-bond donors (Lipinski definition) is 1. The molecule has 124 valence electrons. The Labute approximate surface area is 134 Å². The highest BCUT2D eigenvalue weighted by Gasteiger charge is 2.26. The Bertz CT molecular complexity index is 498. The third-order valence-electron chi connectivity index (χ3n) is 5.13. The fourth-order valence-electron chi connectivity index (χ4n) is 3.28. The quantitative estimate of drug-likeness (QED) is 0.908. The van der Waals surface area contributed by atoms with Gasteiger partial charge in [0.1, 0.15) is 5.69 Å². The molecule has 1 aromatic heterocycles. The minimum atomic E-state index is 0.0339. The monoisotopic (exact) mass is 305 g/mol. The molecule has 4 nitrogen and oxygen atoms in total. The summed E-state index contributed by atoms with van der Waals surface area (Å²) in [6.07, 6.45) is 2.54. The van der Waals surface area contributed by atoms with Crippen LogP contribution in [0.3, 0.4) is 0 Å². The van der Waals surface area contributed by atoms with Crippen molar-refractivity contribution in [1.82, 2.24) is 14.8 Å². The summed E-state index contributed by atoms with van der Waals surface area (Å²) in [6.45, 7) is 11.9. The highest BCUT2D eigenvalue weighted by Crippen LogP contribution is 2.21. The van der Waals surface area contributed by atoms with Gasteiger partial charge in [-0.15, -0.1) is 0 Å². The van der Waals surface area contributed by atoms with Crippen LogP contribution < -0.4 is 5.32 Å². The van der Waals surface area contributed by atoms with Crippen molar-refractivity contribution in [2.75, 3.05) is 19.6 Å². The second-order valence-electron chi connectivity index (χ2n) is 7.16. The number of amides is 1. The Morgan fingerprint density at radius 1 is 1.32 bits per heavy atom. The molecule has 1 aliphatic heterocycles. The molecule has 1 amide bonds. The molecule has 0 bridgehead atoms. The van der Waals surface area contributed by atoms with Crippen LogP contribution in [-0.4, -0.2) is 41.1 Å². The number of piperidine rings is 1. The van der Waals surface area contributed by atoms with Crippen molar-refractivity contribution in [3.8, 4) is 0 Å². The minimum absolute atomic E-state index is 0.0339. The molecule has 1 unspecified atom stereocenters. The molecule has 0 aromatic carbocycles. The van der Waals surface area contributed by atoms with E-state index in [0.717, 1.165) is 36.9 Å². The summed E-state index contributed by atoms with van der Waals surface area (Å²) in [6, 6.07) is 4.32. The highest BCUT2D eigenvalue weighted by molar-refractivity contribution is 5.92. The molecule has 4 heteroatoms. The van der Waals surface area contributed by atoms with Gasteiger partial charge in [-0.25, -0.2) is 0 Å². The van der Waals surface area contributed by atoms with Gasteiger partial charge in [0.15, 0.2) is 0 Å². The van der Waals surface area contributed by atoms with Crippen molar-refractivity contribution < 1.29 is 4.79 Å². The fraction of sp³-hybridized carbons (Fsp3) is 0.722. The van der Waals surface area contributed by atoms with Crippen LogP contribution in [0.25, 0.3) is 0 Å². The normalized spacial score (nSPS) is 18.6. The first kappa shape index (κ1) is 17.1. The maximum Gasteiger partial charge on any atom is 0.267 e. The van der Waals surface area contributed by atoms with E-state index in [1.165, 1.54) is 12.8 Å². The largest absolute Gasteiger partial charge is 0.349 e. The molecular weight excluding hydrogens is 274 g/mol. The van der Waals surface area contributed by atoms with Gasteiger partial charge in [-0.05, 0) is 56.8 Å². The van der Waals surface area contributed by atoms with Crippen molar-refractivity contribution in [3.63, 3.8) is 0 Å². The molecule has 0 spiro atoms. The van der Waals surface area contributed by atoms with E-state index in [2.05, 4.69) is 31.0 Å². The molecule has 1 aliphatic rings. The van der Waals surface area contributed by atoms with Crippen molar-refractivity contribution >= 4 is 5.91 Å². The average molecular weight is 305 g/mol. The van der Waals surface area contributed by atoms with Gasteiger partial charge in [-0.2, -0.15) is 0 Å². The Morgan fingerprint density at radius 3 is 2.45 bits per heavy atom. The van der Waals surface area contributed by atoms with E-state index in [1.807, 2.05) is 30.7 Å². The van der Waals surface area contributed by atoms with E-state index >= 15 is 0 Å². The highest BCUT2D eigenvalue weighted by atomic mass is 16.1. The molecule has 0 radical (unpaired) electrons. The Kier molecular flexibility index (Phi) is 5.68. The average Bonchev–Trinajstić information content (AvgIpc) is 2.80. The number of aromatic nitrogens is 1. The third kappa shape index (κ3) is 3.92. The Morgan fingerprint density at radius 2 is 1.95 bits per heavy atom. The summed E-state index contributed by atoms with van der Waals surface area (Å²) in [5.41, 5.74) is 1.85. The molecule has 2 rings (SSSR count). The van der Waals surface area contributed by atoms with Gasteiger partial charge < -0.3 is 9.88 Å². The SMILES string of the molecule is Cc1ccc(C(=O)NCC(C(C)C)N2CCC(C)CC2)n1C. The lowest BCUT2D eigenvalue weighted by Gasteiger charge is -2.38. The molecule has 1 saturated heterocycles. The zero-order valence-corrected chi connectivity index (χ0v) is 14.7. The molecular formula is C18H31N3O. The van der Waals surface area contributed by atoms with Gasteiger partial charge in [0.05, 0.1) is 0 Å². The predicted octanol–water partition coefficient (Wildman–Crippen LogP) is 2.82. The number of likely N-dealkylation sites (tertiary alicyclic amines) is 1. The number of nitrogens with zero attached hydrogens (tertiary/aromatic N) is 2. The standard InChI is InChI=1S/C18H31N3O/c1-13(2)17(21-10-8-14(3)9-11-21)12-19-18(22)16-7-6-15(4)20(16)5/h6-7,13-14,17H,8-12H2,1-5H3,(H,19,22). The second kappa shape index (κ2) is 7.32. The second-order valence-corrected chi connectivity index (χ2v) is 7.16. The number of carbonyl (C=O) groups is 1. The summed E-state index contributed by atoms with van der Waals surface area (Å²) in [5, 5.41) is 3.14. The summed E-state index contributed by atoms with van der Waals surface area (Å²) in [4.78, 5) is 14.9. The first-order valence-corrected chi connectivity index (χ1v) is 8.54. The lowest BCUT2D eigenvalue weighted by Crippen LogP contribution is -2.49. The van der Waals surface area contributed by atoms with Crippen LogP contribution in [0.4, 0.5) is 0 Å². The molecule has 2 heterocycles. The van der Waals surface area contributed by atoms with Crippen molar-refractivity contribution in [3.05, 3.63) is 23.5 Å². The van der Waals surface area contributed by atoms with Gasteiger partial charge in [-0.1, -0.05) is 20.8 Å². The number of hydrogen-bond acceptors (Lipinski definition) is 2. The van der Waals surface area contributed by atoms with Crippen LogP contribution in [0.5, 0.6) is 0 Å². The minimum Gasteiger partial charge on any atom is -0.349 e. The number of rotatable bonds is 5. The van der Waals surface area contributed by atoms with Gasteiger partial charge in [0, 0.05) is 25.3 Å². The van der Waals surface area contributed by atoms with E-state index in [-0.39, 0.29) is 5.91 Å². The topological polar surface area (TPSA) is 37.3 Å². The molecule has 22 heavy (non-hydrogen) atoms. The van der Waals surface area contributed by atoms with Crippen LogP contribution in [0.1, 0.15) is 49.8 Å². The smallest absolute Gasteiger partial charge is 0.267 e. The molecule has 0 aliphatic carbocycles. The maximum absolute atomic E-state index is 12.4. The van der Waals surface area contributed by atoms with Crippen LogP contribution >= 0.6 is 0 Å². The summed E-state index contributed by atoms with van der Waals surface area (Å²) in [5.74, 6) is 1.42. The molecule has 1 N–H and O–H groups in total. The van der Waals surface area contributed by atoms with Gasteiger partial charge in [-0.3, -0.25) is 9.69 Å². The predicted molar refractivity (Wildman–Crippen MR) is 91.1 cm³/mol. The lowest BCUT2D eigenvalue weighted by molar-refractivity contribution is 0.0856. The van der Waals surface area contributed by atoms with E-state index in [4.69, 9.17) is 0 Å². The van der Waals surface area contributed by atoms with Crippen LogP contribution in [-0.2, 0) is 7.05 Å². The first-order chi connectivity index (χ1) is 10.4. The molecule has 1 fully saturated rings. The van der Waals surface area contributed by atoms with Gasteiger partial charge in [0.25, 0.3) is 5.91 Å². The Balaban J connectivity index is 1.94. The maximum atomic E-state index is 12.4. The Hall–Kier alpha value is -1.29. The van der Waals surface area contributed by atoms with Gasteiger partial charge >= 0.3 is 0 Å². The fourth-order valence-corrected chi connectivity index (χ4v) is 3.28. The lowest BCUT2D eigenvalue weighted by atomic mass is 9.94. The van der Waals surface area contributed by atoms with Crippen LogP contribution in [0.15, 0.2) is 12.1 Å². The van der Waals surface area contributed by atoms with Crippen molar-refractivity contribution in [2.45, 2.75) is 46.6 Å². The summed E-state index contributed by atoms with van der Waals surface area (Å²) < 4.78 is 1.95. The van der Waals surface area contributed by atoms with Crippen molar-refractivity contribution in [2.24, 2.45) is 18.9 Å². The van der Waals surface area contributed by atoms with E-state index in [1.54, 1.807) is 0 Å². The van der Waals surface area contributed by atoms with E-state index < -0.39 is 0 Å². The third-order valence-corrected chi connectivity index (χ3v) is 5.13. The number of carbonyl (C=O) groups excluding carboxylic acids is 1. The number of nitrogens with one attached hydrogen (secondary N) is 1. The molecule has 0 saturated carbocycles. The zero-order chi connectivity index (χ0) is 16.3. The molecule has 1 aromatic rings. The van der Waals surface area contributed by atoms with E-state index in [0.29, 0.717) is 12.0 Å². The first-order valence-electron chi connectivity index (χ1n) is 8.54.